The van der Waals surface area contributed by atoms with Crippen molar-refractivity contribution in [2.75, 3.05) is 40.0 Å². The van der Waals surface area contributed by atoms with E-state index in [1.165, 1.54) is 0 Å². The van der Waals surface area contributed by atoms with Gasteiger partial charge >= 0.3 is 0 Å². The highest BCUT2D eigenvalue weighted by Gasteiger charge is 2.30. The van der Waals surface area contributed by atoms with Crippen molar-refractivity contribution in [1.29, 1.82) is 0 Å². The third kappa shape index (κ3) is 12.3. The van der Waals surface area contributed by atoms with E-state index in [1.54, 1.807) is 7.11 Å². The average Bonchev–Trinajstić information content (AvgIpc) is 2.84. The number of methoxy groups -OCH3 is 1. The fraction of sp³-hybridized carbons (Fsp3) is 0.750. The number of halogens is 1. The molecule has 0 radical (unpaired) electrons. The van der Waals surface area contributed by atoms with Gasteiger partial charge in [-0.2, -0.15) is 0 Å². The monoisotopic (exact) mass is 543 g/mol. The molecule has 1 aromatic rings. The molecule has 0 bridgehead atoms. The minimum absolute atomic E-state index is 0.0206. The molecule has 1 rings (SSSR count). The van der Waals surface area contributed by atoms with Crippen LogP contribution in [0.2, 0.25) is 5.02 Å². The van der Waals surface area contributed by atoms with Gasteiger partial charge in [-0.1, -0.05) is 45.4 Å². The van der Waals surface area contributed by atoms with Crippen molar-refractivity contribution >= 4 is 17.5 Å². The summed E-state index contributed by atoms with van der Waals surface area (Å²) in [7, 11) is 1.66. The molecule has 8 nitrogen and oxygen atoms in total. The van der Waals surface area contributed by atoms with Gasteiger partial charge in [-0.15, -0.1) is 0 Å². The number of rotatable bonds is 18. The summed E-state index contributed by atoms with van der Waals surface area (Å²) in [6.45, 7) is 14.5. The fourth-order valence-corrected chi connectivity index (χ4v) is 4.03. The highest BCUT2D eigenvalue weighted by Crippen LogP contribution is 2.27. The maximum atomic E-state index is 12.9. The van der Waals surface area contributed by atoms with E-state index in [9.17, 15) is 15.0 Å². The lowest BCUT2D eigenvalue weighted by Gasteiger charge is -2.33. The zero-order valence-corrected chi connectivity index (χ0v) is 24.6. The Hall–Kier alpha value is -1.42. The number of benzene rings is 1. The van der Waals surface area contributed by atoms with Gasteiger partial charge in [0, 0.05) is 69.8 Å². The largest absolute Gasteiger partial charge is 0.492 e. The van der Waals surface area contributed by atoms with Crippen molar-refractivity contribution in [3.8, 4) is 5.75 Å². The molecule has 0 saturated heterocycles. The first-order valence-electron chi connectivity index (χ1n) is 13.3. The van der Waals surface area contributed by atoms with Crippen LogP contribution in [0.15, 0.2) is 18.2 Å². The Morgan fingerprint density at radius 2 is 1.89 bits per heavy atom. The van der Waals surface area contributed by atoms with Crippen LogP contribution in [0.5, 0.6) is 5.75 Å². The summed E-state index contributed by atoms with van der Waals surface area (Å²) in [5, 5.41) is 23.9. The molecule has 0 aliphatic rings. The molecule has 37 heavy (non-hydrogen) atoms. The molecule has 9 heteroatoms. The molecule has 1 amide bonds. The minimum atomic E-state index is -0.838. The smallest absolute Gasteiger partial charge is 0.223 e. The molecule has 5 N–H and O–H groups in total. The maximum Gasteiger partial charge on any atom is 0.223 e. The number of nitrogens with one attached hydrogen (secondary N) is 1. The second-order valence-corrected chi connectivity index (χ2v) is 11.7. The highest BCUT2D eigenvalue weighted by molar-refractivity contribution is 6.32. The van der Waals surface area contributed by atoms with Crippen LogP contribution in [-0.2, 0) is 16.1 Å². The predicted octanol–water partition coefficient (Wildman–Crippen LogP) is 3.45. The molecule has 214 valence electrons. The molecule has 3 atom stereocenters. The van der Waals surface area contributed by atoms with Gasteiger partial charge in [-0.3, -0.25) is 9.69 Å². The van der Waals surface area contributed by atoms with Crippen molar-refractivity contribution < 1.29 is 24.5 Å². The van der Waals surface area contributed by atoms with Crippen LogP contribution in [-0.4, -0.2) is 79.2 Å². The summed E-state index contributed by atoms with van der Waals surface area (Å²) >= 11 is 6.32. The Balaban J connectivity index is 2.81. The fourth-order valence-electron chi connectivity index (χ4n) is 3.86. The molecule has 0 aromatic heterocycles. The molecule has 1 aromatic carbocycles. The summed E-state index contributed by atoms with van der Waals surface area (Å²) in [5.74, 6) is 0.176. The van der Waals surface area contributed by atoms with Gasteiger partial charge in [0.15, 0.2) is 0 Å². The topological polar surface area (TPSA) is 117 Å². The van der Waals surface area contributed by atoms with E-state index < -0.39 is 17.6 Å². The number of carbonyl (C=O) groups is 1. The van der Waals surface area contributed by atoms with Gasteiger partial charge in [0.1, 0.15) is 5.75 Å². The van der Waals surface area contributed by atoms with E-state index in [0.717, 1.165) is 12.0 Å². The lowest BCUT2D eigenvalue weighted by atomic mass is 9.86. The standard InChI is InChI=1S/C28H50ClN3O5/c1-19(2)22(27(35)31-17-28(5,6)18-33)14-25(34)24(30)16-32(20(3)4)15-21-9-10-23(29)26(13-21)37-12-8-11-36-7/h9-10,13,19-20,22,24-25,33-34H,8,11-12,14-18,30H2,1-7H3,(H,31,35)/t22-,24-,25-/m0/s1. The minimum Gasteiger partial charge on any atom is -0.492 e. The second kappa shape index (κ2) is 16.5. The Morgan fingerprint density at radius 1 is 1.22 bits per heavy atom. The first-order valence-corrected chi connectivity index (χ1v) is 13.7. The molecule has 0 aliphatic heterocycles. The summed E-state index contributed by atoms with van der Waals surface area (Å²) in [5.41, 5.74) is 7.09. The van der Waals surface area contributed by atoms with E-state index >= 15 is 0 Å². The number of carbonyl (C=O) groups excluding carboxylic acids is 1. The Kier molecular flexibility index (Phi) is 15.0. The van der Waals surface area contributed by atoms with Gasteiger partial charge in [-0.25, -0.2) is 0 Å². The van der Waals surface area contributed by atoms with Crippen LogP contribution in [0.25, 0.3) is 0 Å². The number of amides is 1. The van der Waals surface area contributed by atoms with E-state index in [0.29, 0.717) is 43.6 Å². The van der Waals surface area contributed by atoms with Gasteiger partial charge < -0.3 is 30.7 Å². The molecule has 0 fully saturated rings. The summed E-state index contributed by atoms with van der Waals surface area (Å²) < 4.78 is 10.9. The zero-order chi connectivity index (χ0) is 28.2. The van der Waals surface area contributed by atoms with Crippen LogP contribution < -0.4 is 15.8 Å². The number of nitrogens with zero attached hydrogens (tertiary/aromatic N) is 1. The first-order chi connectivity index (χ1) is 17.3. The molecular formula is C28H50ClN3O5. The lowest BCUT2D eigenvalue weighted by molar-refractivity contribution is -0.128. The second-order valence-electron chi connectivity index (χ2n) is 11.3. The maximum absolute atomic E-state index is 12.9. The molecule has 0 unspecified atom stereocenters. The summed E-state index contributed by atoms with van der Waals surface area (Å²) in [4.78, 5) is 15.1. The lowest BCUT2D eigenvalue weighted by Crippen LogP contribution is -2.49. The van der Waals surface area contributed by atoms with Crippen molar-refractivity contribution in [1.82, 2.24) is 10.2 Å². The predicted molar refractivity (Wildman–Crippen MR) is 150 cm³/mol. The third-order valence-corrected chi connectivity index (χ3v) is 6.92. The Labute approximate surface area is 228 Å². The van der Waals surface area contributed by atoms with Gasteiger partial charge in [0.05, 0.1) is 17.7 Å². The van der Waals surface area contributed by atoms with Crippen LogP contribution in [0.4, 0.5) is 0 Å². The van der Waals surface area contributed by atoms with E-state index in [4.69, 9.17) is 26.8 Å². The summed E-state index contributed by atoms with van der Waals surface area (Å²) in [6, 6.07) is 5.40. The molecule has 0 heterocycles. The van der Waals surface area contributed by atoms with Crippen molar-refractivity contribution in [3.63, 3.8) is 0 Å². The van der Waals surface area contributed by atoms with Crippen molar-refractivity contribution in [2.24, 2.45) is 23.0 Å². The Bertz CT molecular complexity index is 806. The van der Waals surface area contributed by atoms with E-state index in [2.05, 4.69) is 24.1 Å². The zero-order valence-electron chi connectivity index (χ0n) is 23.8. The van der Waals surface area contributed by atoms with Gasteiger partial charge in [-0.05, 0) is 43.9 Å². The molecule has 0 spiro atoms. The van der Waals surface area contributed by atoms with Crippen molar-refractivity contribution in [2.45, 2.75) is 79.1 Å². The van der Waals surface area contributed by atoms with Crippen LogP contribution in [0.1, 0.15) is 59.9 Å². The van der Waals surface area contributed by atoms with Crippen LogP contribution in [0, 0.1) is 17.3 Å². The first kappa shape index (κ1) is 33.6. The van der Waals surface area contributed by atoms with E-state index in [1.807, 2.05) is 45.9 Å². The third-order valence-electron chi connectivity index (χ3n) is 6.61. The van der Waals surface area contributed by atoms with E-state index in [-0.39, 0.29) is 36.8 Å². The van der Waals surface area contributed by atoms with Gasteiger partial charge in [0.25, 0.3) is 0 Å². The van der Waals surface area contributed by atoms with Gasteiger partial charge in [0.2, 0.25) is 5.91 Å². The quantitative estimate of drug-likeness (QED) is 0.209. The normalized spacial score (nSPS) is 14.8. The van der Waals surface area contributed by atoms with Crippen molar-refractivity contribution in [3.05, 3.63) is 28.8 Å². The number of aliphatic hydroxyl groups excluding tert-OH is 2. The molecule has 0 saturated carbocycles. The number of aliphatic hydroxyl groups is 2. The number of nitrogens with two attached hydrogens (primary N) is 1. The SMILES string of the molecule is COCCCOc1cc(CN(C[C@H](N)[C@@H](O)C[C@H](C(=O)NCC(C)(C)CO)C(C)C)C(C)C)ccc1Cl. The van der Waals surface area contributed by atoms with Crippen LogP contribution in [0.3, 0.4) is 0 Å². The average molecular weight is 544 g/mol. The molecule has 0 aliphatic carbocycles. The molecular weight excluding hydrogens is 494 g/mol. The number of ether oxygens (including phenoxy) is 2. The summed E-state index contributed by atoms with van der Waals surface area (Å²) in [6.07, 6.45) is 0.211. The number of hydrogen-bond donors (Lipinski definition) is 4. The number of hydrogen-bond acceptors (Lipinski definition) is 7. The van der Waals surface area contributed by atoms with Crippen LogP contribution >= 0.6 is 11.6 Å². The highest BCUT2D eigenvalue weighted by atomic mass is 35.5. The Morgan fingerprint density at radius 3 is 2.46 bits per heavy atom.